The minimum Gasteiger partial charge on any atom is -0.496 e. The highest BCUT2D eigenvalue weighted by Crippen LogP contribution is 2.37. The summed E-state index contributed by atoms with van der Waals surface area (Å²) in [7, 11) is 1.53. The Hall–Kier alpha value is -1.75. The van der Waals surface area contributed by atoms with Gasteiger partial charge in [0.15, 0.2) is 5.22 Å². The Kier molecular flexibility index (Phi) is 4.23. The van der Waals surface area contributed by atoms with Crippen LogP contribution in [-0.2, 0) is 0 Å². The predicted octanol–water partition coefficient (Wildman–Crippen LogP) is 4.22. The number of furan rings is 1. The average Bonchev–Trinajstić information content (AvgIpc) is 2.79. The number of piperidine rings is 1. The molecule has 6 heteroatoms. The zero-order valence-electron chi connectivity index (χ0n) is 13.4. The second-order valence-electron chi connectivity index (χ2n) is 6.20. The number of carbonyl (C=O) groups is 1. The first-order valence-electron chi connectivity index (χ1n) is 7.60. The number of ether oxygens (including phenoxy) is 1. The molecule has 1 fully saturated rings. The first kappa shape index (κ1) is 16.1. The van der Waals surface area contributed by atoms with Gasteiger partial charge in [-0.25, -0.2) is 4.39 Å². The van der Waals surface area contributed by atoms with Crippen LogP contribution in [0.4, 0.5) is 4.39 Å². The van der Waals surface area contributed by atoms with E-state index in [2.05, 4.69) is 0 Å². The van der Waals surface area contributed by atoms with Gasteiger partial charge in [0.05, 0.1) is 19.0 Å². The standard InChI is InChI=1S/C17H19ClFNO3/c1-9-4-12(19)8-20(7-9)17(21)11-5-13(22-3)15-10(2)16(18)23-14(15)6-11/h5-6,9,12H,4,7-8H2,1-3H3/t9-,12-/m1/s1. The number of fused-ring (bicyclic) bond motifs is 1. The van der Waals surface area contributed by atoms with E-state index in [9.17, 15) is 9.18 Å². The molecule has 4 nitrogen and oxygen atoms in total. The normalized spacial score (nSPS) is 21.7. The van der Waals surface area contributed by atoms with E-state index in [1.54, 1.807) is 17.0 Å². The highest BCUT2D eigenvalue weighted by molar-refractivity contribution is 6.31. The molecule has 0 radical (unpaired) electrons. The van der Waals surface area contributed by atoms with Gasteiger partial charge in [-0.3, -0.25) is 4.79 Å². The maximum Gasteiger partial charge on any atom is 0.254 e. The molecule has 23 heavy (non-hydrogen) atoms. The van der Waals surface area contributed by atoms with Crippen molar-refractivity contribution in [3.05, 3.63) is 28.5 Å². The number of amides is 1. The van der Waals surface area contributed by atoms with Crippen molar-refractivity contribution in [2.24, 2.45) is 5.92 Å². The van der Waals surface area contributed by atoms with E-state index in [-0.39, 0.29) is 23.6 Å². The smallest absolute Gasteiger partial charge is 0.254 e. The minimum absolute atomic E-state index is 0.126. The zero-order chi connectivity index (χ0) is 16.7. The number of carbonyl (C=O) groups excluding carboxylic acids is 1. The lowest BCUT2D eigenvalue weighted by Crippen LogP contribution is -2.44. The van der Waals surface area contributed by atoms with Crippen molar-refractivity contribution in [3.8, 4) is 5.75 Å². The van der Waals surface area contributed by atoms with Crippen LogP contribution in [-0.4, -0.2) is 37.2 Å². The average molecular weight is 340 g/mol. The number of nitrogens with zero attached hydrogens (tertiary/aromatic N) is 1. The quantitative estimate of drug-likeness (QED) is 0.822. The minimum atomic E-state index is -0.978. The first-order valence-corrected chi connectivity index (χ1v) is 7.98. The van der Waals surface area contributed by atoms with Crippen LogP contribution < -0.4 is 4.74 Å². The second-order valence-corrected chi connectivity index (χ2v) is 6.54. The summed E-state index contributed by atoms with van der Waals surface area (Å²) >= 11 is 6.03. The Morgan fingerprint density at radius 1 is 1.43 bits per heavy atom. The molecule has 1 aromatic carbocycles. The van der Waals surface area contributed by atoms with Crippen LogP contribution in [0.5, 0.6) is 5.75 Å². The monoisotopic (exact) mass is 339 g/mol. The molecule has 0 bridgehead atoms. The van der Waals surface area contributed by atoms with Crippen LogP contribution in [0.2, 0.25) is 5.22 Å². The SMILES string of the molecule is COc1cc(C(=O)N2C[C@H](C)C[C@@H](F)C2)cc2oc(Cl)c(C)c12. The molecule has 0 saturated carbocycles. The van der Waals surface area contributed by atoms with E-state index in [1.807, 2.05) is 13.8 Å². The number of halogens is 2. The van der Waals surface area contributed by atoms with Gasteiger partial charge in [0, 0.05) is 17.7 Å². The number of methoxy groups -OCH3 is 1. The molecule has 2 atom stereocenters. The Labute approximate surface area is 139 Å². The fourth-order valence-electron chi connectivity index (χ4n) is 3.22. The molecule has 124 valence electrons. The molecular formula is C17H19ClFNO3. The summed E-state index contributed by atoms with van der Waals surface area (Å²) < 4.78 is 24.6. The summed E-state index contributed by atoms with van der Waals surface area (Å²) in [6.07, 6.45) is -0.479. The molecule has 0 spiro atoms. The lowest BCUT2D eigenvalue weighted by atomic mass is 9.98. The molecule has 0 N–H and O–H groups in total. The molecule has 1 saturated heterocycles. The van der Waals surface area contributed by atoms with E-state index in [0.717, 1.165) is 10.9 Å². The number of rotatable bonds is 2. The summed E-state index contributed by atoms with van der Waals surface area (Å²) in [5.41, 5.74) is 1.69. The largest absolute Gasteiger partial charge is 0.496 e. The third kappa shape index (κ3) is 2.90. The van der Waals surface area contributed by atoms with Gasteiger partial charge in [-0.2, -0.15) is 0 Å². The van der Waals surface area contributed by atoms with Crippen LogP contribution in [0.3, 0.4) is 0 Å². The topological polar surface area (TPSA) is 42.7 Å². The van der Waals surface area contributed by atoms with Crippen LogP contribution in [0.1, 0.15) is 29.3 Å². The first-order chi connectivity index (χ1) is 10.9. The predicted molar refractivity (Wildman–Crippen MR) is 87.1 cm³/mol. The highest BCUT2D eigenvalue weighted by atomic mass is 35.5. The van der Waals surface area contributed by atoms with Crippen molar-refractivity contribution in [2.75, 3.05) is 20.2 Å². The second kappa shape index (κ2) is 6.04. The van der Waals surface area contributed by atoms with Gasteiger partial charge in [0.25, 0.3) is 5.91 Å². The maximum absolute atomic E-state index is 13.8. The van der Waals surface area contributed by atoms with Crippen LogP contribution in [0.25, 0.3) is 11.0 Å². The van der Waals surface area contributed by atoms with Crippen molar-refractivity contribution in [2.45, 2.75) is 26.4 Å². The Bertz CT molecular complexity index is 748. The number of likely N-dealkylation sites (tertiary alicyclic amines) is 1. The highest BCUT2D eigenvalue weighted by Gasteiger charge is 2.29. The van der Waals surface area contributed by atoms with E-state index in [1.165, 1.54) is 7.11 Å². The molecule has 1 aliphatic rings. The molecule has 1 amide bonds. The summed E-state index contributed by atoms with van der Waals surface area (Å²) in [5.74, 6) is 0.457. The summed E-state index contributed by atoms with van der Waals surface area (Å²) in [6.45, 7) is 4.46. The van der Waals surface area contributed by atoms with Crippen LogP contribution >= 0.6 is 11.6 Å². The van der Waals surface area contributed by atoms with E-state index in [0.29, 0.717) is 29.9 Å². The van der Waals surface area contributed by atoms with Gasteiger partial charge in [-0.1, -0.05) is 6.92 Å². The van der Waals surface area contributed by atoms with E-state index in [4.69, 9.17) is 20.8 Å². The summed E-state index contributed by atoms with van der Waals surface area (Å²) in [5, 5.41) is 1.03. The van der Waals surface area contributed by atoms with E-state index >= 15 is 0 Å². The molecule has 2 aromatic rings. The van der Waals surface area contributed by atoms with E-state index < -0.39 is 6.17 Å². The lowest BCUT2D eigenvalue weighted by Gasteiger charge is -2.33. The van der Waals surface area contributed by atoms with Crippen LogP contribution in [0.15, 0.2) is 16.5 Å². The third-order valence-corrected chi connectivity index (χ3v) is 4.66. The van der Waals surface area contributed by atoms with Gasteiger partial charge < -0.3 is 14.1 Å². The van der Waals surface area contributed by atoms with Crippen molar-refractivity contribution in [1.82, 2.24) is 4.90 Å². The van der Waals surface area contributed by atoms with Crippen molar-refractivity contribution in [3.63, 3.8) is 0 Å². The lowest BCUT2D eigenvalue weighted by molar-refractivity contribution is 0.0555. The molecule has 1 aromatic heterocycles. The van der Waals surface area contributed by atoms with Gasteiger partial charge in [-0.15, -0.1) is 0 Å². The van der Waals surface area contributed by atoms with Crippen LogP contribution in [0, 0.1) is 12.8 Å². The third-order valence-electron chi connectivity index (χ3n) is 4.30. The Balaban J connectivity index is 2.01. The molecule has 2 heterocycles. The number of aryl methyl sites for hydroxylation is 1. The van der Waals surface area contributed by atoms with Gasteiger partial charge >= 0.3 is 0 Å². The molecule has 0 aliphatic carbocycles. The fourth-order valence-corrected chi connectivity index (χ4v) is 3.40. The summed E-state index contributed by atoms with van der Waals surface area (Å²) in [6, 6.07) is 3.31. The number of benzene rings is 1. The number of alkyl halides is 1. The Morgan fingerprint density at radius 2 is 2.17 bits per heavy atom. The Morgan fingerprint density at radius 3 is 2.83 bits per heavy atom. The summed E-state index contributed by atoms with van der Waals surface area (Å²) in [4.78, 5) is 14.3. The van der Waals surface area contributed by atoms with Gasteiger partial charge in [0.2, 0.25) is 0 Å². The number of hydrogen-bond acceptors (Lipinski definition) is 3. The fraction of sp³-hybridized carbons (Fsp3) is 0.471. The van der Waals surface area contributed by atoms with Crippen molar-refractivity contribution in [1.29, 1.82) is 0 Å². The number of hydrogen-bond donors (Lipinski definition) is 0. The molecular weight excluding hydrogens is 321 g/mol. The van der Waals surface area contributed by atoms with Crippen molar-refractivity contribution < 1.29 is 18.3 Å². The van der Waals surface area contributed by atoms with Crippen molar-refractivity contribution >= 4 is 28.5 Å². The molecule has 0 unspecified atom stereocenters. The molecule has 1 aliphatic heterocycles. The molecule has 3 rings (SSSR count). The van der Waals surface area contributed by atoms with Gasteiger partial charge in [-0.05, 0) is 43.0 Å². The zero-order valence-corrected chi connectivity index (χ0v) is 14.1. The van der Waals surface area contributed by atoms with Gasteiger partial charge in [0.1, 0.15) is 17.5 Å². The maximum atomic E-state index is 13.8.